The third-order valence-electron chi connectivity index (χ3n) is 4.31. The lowest BCUT2D eigenvalue weighted by molar-refractivity contribution is -0.122. The molecule has 1 aliphatic rings. The summed E-state index contributed by atoms with van der Waals surface area (Å²) in [6.45, 7) is 2.66. The van der Waals surface area contributed by atoms with E-state index in [1.54, 1.807) is 0 Å². The minimum absolute atomic E-state index is 0.179. The number of hydrogen-bond acceptors (Lipinski definition) is 2. The van der Waals surface area contributed by atoms with Crippen LogP contribution in [0.15, 0.2) is 24.3 Å². The van der Waals surface area contributed by atoms with Gasteiger partial charge in [0.2, 0.25) is 5.91 Å². The molecule has 3 heteroatoms. The second kappa shape index (κ2) is 9.50. The summed E-state index contributed by atoms with van der Waals surface area (Å²) in [7, 11) is 0. The molecule has 0 aliphatic heterocycles. The number of ether oxygens (including phenoxy) is 1. The minimum Gasteiger partial charge on any atom is -0.494 e. The van der Waals surface area contributed by atoms with Crippen molar-refractivity contribution in [3.05, 3.63) is 29.8 Å². The number of aryl methyl sites for hydroxylation is 1. The largest absolute Gasteiger partial charge is 0.494 e. The van der Waals surface area contributed by atoms with Crippen LogP contribution < -0.4 is 10.1 Å². The Bertz CT molecular complexity index is 433. The number of benzene rings is 1. The zero-order chi connectivity index (χ0) is 15.6. The fourth-order valence-electron chi connectivity index (χ4n) is 2.96. The molecule has 0 aromatic heterocycles. The molecule has 0 saturated heterocycles. The van der Waals surface area contributed by atoms with Gasteiger partial charge in [-0.25, -0.2) is 0 Å². The molecule has 0 unspecified atom stereocenters. The highest BCUT2D eigenvalue weighted by atomic mass is 16.5. The summed E-state index contributed by atoms with van der Waals surface area (Å²) in [6, 6.07) is 8.42. The molecule has 2 rings (SSSR count). The molecule has 1 saturated carbocycles. The number of amides is 1. The molecule has 0 bridgehead atoms. The van der Waals surface area contributed by atoms with Crippen molar-refractivity contribution in [3.8, 4) is 5.75 Å². The third-order valence-corrected chi connectivity index (χ3v) is 4.31. The summed E-state index contributed by atoms with van der Waals surface area (Å²) in [5.74, 6) is 1.06. The Balaban J connectivity index is 1.59. The van der Waals surface area contributed by atoms with E-state index in [0.29, 0.717) is 19.1 Å². The van der Waals surface area contributed by atoms with E-state index in [0.717, 1.165) is 25.0 Å². The van der Waals surface area contributed by atoms with Gasteiger partial charge < -0.3 is 10.1 Å². The molecule has 122 valence electrons. The summed E-state index contributed by atoms with van der Waals surface area (Å²) in [4.78, 5) is 12.0. The van der Waals surface area contributed by atoms with Crippen LogP contribution >= 0.6 is 0 Å². The van der Waals surface area contributed by atoms with E-state index in [1.807, 2.05) is 24.3 Å². The highest BCUT2D eigenvalue weighted by molar-refractivity contribution is 5.76. The van der Waals surface area contributed by atoms with Gasteiger partial charge in [-0.05, 0) is 38.3 Å². The predicted octanol–water partition coefficient (Wildman–Crippen LogP) is 4.38. The average Bonchev–Trinajstić information content (AvgIpc) is 2.48. The van der Waals surface area contributed by atoms with Crippen LogP contribution in [0.25, 0.3) is 0 Å². The van der Waals surface area contributed by atoms with Crippen LogP contribution in [-0.2, 0) is 4.79 Å². The lowest BCUT2D eigenvalue weighted by Gasteiger charge is -2.21. The summed E-state index contributed by atoms with van der Waals surface area (Å²) >= 11 is 0. The van der Waals surface area contributed by atoms with Crippen LogP contribution in [-0.4, -0.2) is 18.6 Å². The van der Waals surface area contributed by atoms with Gasteiger partial charge in [0, 0.05) is 12.5 Å². The van der Waals surface area contributed by atoms with Crippen molar-refractivity contribution in [2.24, 2.45) is 0 Å². The standard InChI is InChI=1S/C19H29NO2/c1-16-11-13-18(14-12-16)22-15-7-10-19(21)20-17-8-5-3-2-4-6-9-17/h11-14,17H,2-10,15H2,1H3,(H,20,21). The molecular weight excluding hydrogens is 274 g/mol. The SMILES string of the molecule is Cc1ccc(OCCCC(=O)NC2CCCCCCC2)cc1. The Morgan fingerprint density at radius 3 is 2.41 bits per heavy atom. The molecule has 22 heavy (non-hydrogen) atoms. The van der Waals surface area contributed by atoms with Crippen molar-refractivity contribution >= 4 is 5.91 Å². The summed E-state index contributed by atoms with van der Waals surface area (Å²) in [6.07, 6.45) is 10.1. The molecule has 1 fully saturated rings. The van der Waals surface area contributed by atoms with Gasteiger partial charge in [0.1, 0.15) is 5.75 Å². The molecule has 1 aliphatic carbocycles. The van der Waals surface area contributed by atoms with Crippen molar-refractivity contribution in [3.63, 3.8) is 0 Å². The highest BCUT2D eigenvalue weighted by Gasteiger charge is 2.13. The maximum atomic E-state index is 12.0. The predicted molar refractivity (Wildman–Crippen MR) is 90.2 cm³/mol. The van der Waals surface area contributed by atoms with Crippen LogP contribution in [0.3, 0.4) is 0 Å². The molecule has 0 radical (unpaired) electrons. The van der Waals surface area contributed by atoms with Crippen LogP contribution in [0.4, 0.5) is 0 Å². The maximum absolute atomic E-state index is 12.0. The van der Waals surface area contributed by atoms with E-state index in [-0.39, 0.29) is 5.91 Å². The second-order valence-electron chi connectivity index (χ2n) is 6.37. The van der Waals surface area contributed by atoms with Gasteiger partial charge in [-0.3, -0.25) is 4.79 Å². The fourth-order valence-corrected chi connectivity index (χ4v) is 2.96. The van der Waals surface area contributed by atoms with Crippen molar-refractivity contribution in [2.75, 3.05) is 6.61 Å². The number of carbonyl (C=O) groups excluding carboxylic acids is 1. The molecule has 1 aromatic carbocycles. The Morgan fingerprint density at radius 2 is 1.73 bits per heavy atom. The maximum Gasteiger partial charge on any atom is 0.220 e. The number of hydrogen-bond donors (Lipinski definition) is 1. The van der Waals surface area contributed by atoms with E-state index in [4.69, 9.17) is 4.74 Å². The van der Waals surface area contributed by atoms with Gasteiger partial charge in [0.05, 0.1) is 6.61 Å². The fraction of sp³-hybridized carbons (Fsp3) is 0.632. The first-order valence-electron chi connectivity index (χ1n) is 8.73. The molecule has 0 atom stereocenters. The molecule has 1 aromatic rings. The second-order valence-corrected chi connectivity index (χ2v) is 6.37. The Labute approximate surface area is 134 Å². The van der Waals surface area contributed by atoms with E-state index >= 15 is 0 Å². The van der Waals surface area contributed by atoms with Gasteiger partial charge >= 0.3 is 0 Å². The topological polar surface area (TPSA) is 38.3 Å². The first-order chi connectivity index (χ1) is 10.7. The normalized spacial score (nSPS) is 16.6. The number of nitrogens with one attached hydrogen (secondary N) is 1. The lowest BCUT2D eigenvalue weighted by Crippen LogP contribution is -2.35. The highest BCUT2D eigenvalue weighted by Crippen LogP contribution is 2.17. The minimum atomic E-state index is 0.179. The molecule has 0 heterocycles. The van der Waals surface area contributed by atoms with Crippen LogP contribution in [0.2, 0.25) is 0 Å². The van der Waals surface area contributed by atoms with Gasteiger partial charge in [-0.2, -0.15) is 0 Å². The Kier molecular flexibility index (Phi) is 7.27. The summed E-state index contributed by atoms with van der Waals surface area (Å²) in [5.41, 5.74) is 1.23. The lowest BCUT2D eigenvalue weighted by atomic mass is 9.96. The van der Waals surface area contributed by atoms with Gasteiger partial charge in [-0.15, -0.1) is 0 Å². The molecule has 0 spiro atoms. The monoisotopic (exact) mass is 303 g/mol. The van der Waals surface area contributed by atoms with E-state index < -0.39 is 0 Å². The quantitative estimate of drug-likeness (QED) is 0.792. The first kappa shape index (κ1) is 16.9. The molecule has 1 N–H and O–H groups in total. The van der Waals surface area contributed by atoms with Crippen molar-refractivity contribution in [1.29, 1.82) is 0 Å². The first-order valence-corrected chi connectivity index (χ1v) is 8.73. The van der Waals surface area contributed by atoms with Gasteiger partial charge in [0.25, 0.3) is 0 Å². The molecular formula is C19H29NO2. The van der Waals surface area contributed by atoms with Gasteiger partial charge in [-0.1, -0.05) is 49.8 Å². The van der Waals surface area contributed by atoms with E-state index in [2.05, 4.69) is 12.2 Å². The smallest absolute Gasteiger partial charge is 0.220 e. The van der Waals surface area contributed by atoms with Crippen molar-refractivity contribution in [1.82, 2.24) is 5.32 Å². The van der Waals surface area contributed by atoms with Crippen molar-refractivity contribution < 1.29 is 9.53 Å². The Morgan fingerprint density at radius 1 is 1.09 bits per heavy atom. The van der Waals surface area contributed by atoms with Crippen LogP contribution in [0, 0.1) is 6.92 Å². The van der Waals surface area contributed by atoms with Crippen molar-refractivity contribution in [2.45, 2.75) is 70.8 Å². The number of carbonyl (C=O) groups is 1. The number of rotatable bonds is 6. The summed E-state index contributed by atoms with van der Waals surface area (Å²) < 4.78 is 5.66. The Hall–Kier alpha value is -1.51. The molecule has 3 nitrogen and oxygen atoms in total. The zero-order valence-electron chi connectivity index (χ0n) is 13.8. The van der Waals surface area contributed by atoms with E-state index in [9.17, 15) is 4.79 Å². The molecule has 1 amide bonds. The third kappa shape index (κ3) is 6.50. The summed E-state index contributed by atoms with van der Waals surface area (Å²) in [5, 5.41) is 3.20. The zero-order valence-corrected chi connectivity index (χ0v) is 13.8. The van der Waals surface area contributed by atoms with Crippen LogP contribution in [0.5, 0.6) is 5.75 Å². The van der Waals surface area contributed by atoms with Crippen LogP contribution in [0.1, 0.15) is 63.4 Å². The van der Waals surface area contributed by atoms with E-state index in [1.165, 1.54) is 37.7 Å². The van der Waals surface area contributed by atoms with Gasteiger partial charge in [0.15, 0.2) is 0 Å². The average molecular weight is 303 g/mol.